The van der Waals surface area contributed by atoms with Gasteiger partial charge in [-0.05, 0) is 12.3 Å². The molecule has 1 fully saturated rings. The Bertz CT molecular complexity index is 106. The Morgan fingerprint density at radius 2 is 2.60 bits per heavy atom. The van der Waals surface area contributed by atoms with Gasteiger partial charge in [0.15, 0.2) is 0 Å². The molecule has 1 N–H and O–H groups in total. The maximum absolute atomic E-state index is 8.86. The molecule has 58 valence electrons. The third kappa shape index (κ3) is 1.58. The highest BCUT2D eigenvalue weighted by atomic mass is 16.5. The van der Waals surface area contributed by atoms with E-state index in [2.05, 4.69) is 6.58 Å². The number of aliphatic hydroxyl groups excluding tert-OH is 1. The summed E-state index contributed by atoms with van der Waals surface area (Å²) < 4.78 is 5.18. The summed E-state index contributed by atoms with van der Waals surface area (Å²) in [4.78, 5) is 0. The lowest BCUT2D eigenvalue weighted by Gasteiger charge is -2.14. The highest BCUT2D eigenvalue weighted by molar-refractivity contribution is 4.85. The first kappa shape index (κ1) is 7.76. The zero-order valence-electron chi connectivity index (χ0n) is 6.12. The van der Waals surface area contributed by atoms with Crippen LogP contribution in [0.4, 0.5) is 0 Å². The molecule has 1 rings (SSSR count). The van der Waals surface area contributed by atoms with Crippen molar-refractivity contribution in [3.05, 3.63) is 12.7 Å². The maximum Gasteiger partial charge on any atom is 0.0501 e. The molecular formula is C8H14O2. The maximum atomic E-state index is 8.86. The molecule has 1 aliphatic heterocycles. The predicted octanol–water partition coefficient (Wildman–Crippen LogP) is 0.817. The zero-order chi connectivity index (χ0) is 7.40. The fourth-order valence-corrected chi connectivity index (χ4v) is 1.31. The second kappa shape index (κ2) is 3.74. The number of hydrogen-bond donors (Lipinski definition) is 1. The lowest BCUT2D eigenvalue weighted by molar-refractivity contribution is 0.157. The number of ether oxygens (including phenoxy) is 1. The van der Waals surface area contributed by atoms with Crippen molar-refractivity contribution in [3.8, 4) is 0 Å². The quantitative estimate of drug-likeness (QED) is 0.591. The van der Waals surface area contributed by atoms with Gasteiger partial charge in [0.05, 0.1) is 6.61 Å². The summed E-state index contributed by atoms with van der Waals surface area (Å²) in [6.45, 7) is 5.50. The van der Waals surface area contributed by atoms with Crippen LogP contribution < -0.4 is 0 Å². The summed E-state index contributed by atoms with van der Waals surface area (Å²) in [6.07, 6.45) is 2.89. The van der Waals surface area contributed by atoms with Crippen LogP contribution in [0.1, 0.15) is 6.42 Å². The van der Waals surface area contributed by atoms with Crippen LogP contribution in [0.2, 0.25) is 0 Å². The van der Waals surface area contributed by atoms with Crippen LogP contribution in [0.3, 0.4) is 0 Å². The van der Waals surface area contributed by atoms with E-state index in [0.29, 0.717) is 5.92 Å². The first-order chi connectivity index (χ1) is 4.88. The predicted molar refractivity (Wildman–Crippen MR) is 39.7 cm³/mol. The van der Waals surface area contributed by atoms with Crippen LogP contribution in [0.5, 0.6) is 0 Å². The molecule has 0 aromatic heterocycles. The fourth-order valence-electron chi connectivity index (χ4n) is 1.31. The first-order valence-electron chi connectivity index (χ1n) is 3.69. The molecule has 0 aliphatic carbocycles. The largest absolute Gasteiger partial charge is 0.396 e. The van der Waals surface area contributed by atoms with E-state index in [9.17, 15) is 0 Å². The lowest BCUT2D eigenvalue weighted by Crippen LogP contribution is -2.15. The highest BCUT2D eigenvalue weighted by Crippen LogP contribution is 2.21. The molecule has 0 saturated carbocycles. The van der Waals surface area contributed by atoms with E-state index >= 15 is 0 Å². The van der Waals surface area contributed by atoms with E-state index < -0.39 is 0 Å². The van der Waals surface area contributed by atoms with E-state index in [1.165, 1.54) is 0 Å². The van der Waals surface area contributed by atoms with Gasteiger partial charge in [-0.3, -0.25) is 0 Å². The molecule has 0 aromatic rings. The minimum Gasteiger partial charge on any atom is -0.396 e. The topological polar surface area (TPSA) is 29.5 Å². The van der Waals surface area contributed by atoms with Gasteiger partial charge >= 0.3 is 0 Å². The molecule has 0 spiro atoms. The average molecular weight is 142 g/mol. The van der Waals surface area contributed by atoms with Gasteiger partial charge in [0.2, 0.25) is 0 Å². The summed E-state index contributed by atoms with van der Waals surface area (Å²) >= 11 is 0. The molecule has 0 radical (unpaired) electrons. The van der Waals surface area contributed by atoms with Gasteiger partial charge in [-0.15, -0.1) is 6.58 Å². The summed E-state index contributed by atoms with van der Waals surface area (Å²) in [5.74, 6) is 0.741. The molecule has 1 heterocycles. The highest BCUT2D eigenvalue weighted by Gasteiger charge is 2.22. The molecular weight excluding hydrogens is 128 g/mol. The normalized spacial score (nSPS) is 28.3. The van der Waals surface area contributed by atoms with Crippen molar-refractivity contribution in [1.29, 1.82) is 0 Å². The third-order valence-corrected chi connectivity index (χ3v) is 2.08. The van der Waals surface area contributed by atoms with Crippen LogP contribution in [-0.4, -0.2) is 24.9 Å². The summed E-state index contributed by atoms with van der Waals surface area (Å²) in [5.41, 5.74) is 0. The van der Waals surface area contributed by atoms with Crippen LogP contribution >= 0.6 is 0 Å². The Kier molecular flexibility index (Phi) is 2.90. The minimum atomic E-state index is 0.206. The van der Waals surface area contributed by atoms with Gasteiger partial charge in [0.25, 0.3) is 0 Å². The molecule has 2 nitrogen and oxygen atoms in total. The van der Waals surface area contributed by atoms with Gasteiger partial charge in [0.1, 0.15) is 0 Å². The van der Waals surface area contributed by atoms with Gasteiger partial charge in [-0.1, -0.05) is 6.08 Å². The number of rotatable bonds is 3. The molecule has 2 atom stereocenters. The molecule has 1 saturated heterocycles. The second-order valence-corrected chi connectivity index (χ2v) is 2.71. The van der Waals surface area contributed by atoms with E-state index in [-0.39, 0.29) is 12.5 Å². The Balaban J connectivity index is 2.36. The second-order valence-electron chi connectivity index (χ2n) is 2.71. The third-order valence-electron chi connectivity index (χ3n) is 2.08. The summed E-state index contributed by atoms with van der Waals surface area (Å²) in [5, 5.41) is 8.86. The molecule has 0 bridgehead atoms. The van der Waals surface area contributed by atoms with E-state index in [1.807, 2.05) is 6.08 Å². The van der Waals surface area contributed by atoms with Gasteiger partial charge in [-0.2, -0.15) is 0 Å². The fraction of sp³-hybridized carbons (Fsp3) is 0.750. The zero-order valence-corrected chi connectivity index (χ0v) is 6.12. The summed E-state index contributed by atoms with van der Waals surface area (Å²) in [7, 11) is 0. The summed E-state index contributed by atoms with van der Waals surface area (Å²) in [6, 6.07) is 0. The van der Waals surface area contributed by atoms with Gasteiger partial charge in [-0.25, -0.2) is 0 Å². The van der Waals surface area contributed by atoms with Crippen molar-refractivity contribution < 1.29 is 9.84 Å². The molecule has 1 aliphatic rings. The lowest BCUT2D eigenvalue weighted by atomic mass is 9.93. The molecule has 2 heteroatoms. The first-order valence-corrected chi connectivity index (χ1v) is 3.69. The minimum absolute atomic E-state index is 0.206. The monoisotopic (exact) mass is 142 g/mol. The van der Waals surface area contributed by atoms with Crippen LogP contribution in [0.15, 0.2) is 12.7 Å². The smallest absolute Gasteiger partial charge is 0.0501 e. The van der Waals surface area contributed by atoms with Crippen LogP contribution in [0.25, 0.3) is 0 Å². The van der Waals surface area contributed by atoms with Crippen molar-refractivity contribution in [2.75, 3.05) is 19.8 Å². The molecule has 0 amide bonds. The number of hydrogen-bond acceptors (Lipinski definition) is 2. The van der Waals surface area contributed by atoms with Crippen LogP contribution in [-0.2, 0) is 4.74 Å². The van der Waals surface area contributed by atoms with E-state index in [0.717, 1.165) is 19.6 Å². The molecule has 2 unspecified atom stereocenters. The Morgan fingerprint density at radius 1 is 1.80 bits per heavy atom. The molecule has 0 aromatic carbocycles. The Hall–Kier alpha value is -0.340. The van der Waals surface area contributed by atoms with E-state index in [1.54, 1.807) is 0 Å². The van der Waals surface area contributed by atoms with Crippen LogP contribution in [0, 0.1) is 11.8 Å². The standard InChI is InChI=1S/C8H14O2/c1-2-7(5-9)8-3-4-10-6-8/h2,7-9H,1,3-6H2. The molecule has 10 heavy (non-hydrogen) atoms. The Morgan fingerprint density at radius 3 is 3.00 bits per heavy atom. The van der Waals surface area contributed by atoms with Crippen molar-refractivity contribution in [1.82, 2.24) is 0 Å². The van der Waals surface area contributed by atoms with Crippen molar-refractivity contribution in [3.63, 3.8) is 0 Å². The van der Waals surface area contributed by atoms with Crippen molar-refractivity contribution >= 4 is 0 Å². The SMILES string of the molecule is C=CC(CO)C1CCOC1. The van der Waals surface area contributed by atoms with Crippen molar-refractivity contribution in [2.24, 2.45) is 11.8 Å². The van der Waals surface area contributed by atoms with Gasteiger partial charge < -0.3 is 9.84 Å². The average Bonchev–Trinajstić information content (AvgIpc) is 2.43. The van der Waals surface area contributed by atoms with E-state index in [4.69, 9.17) is 9.84 Å². The Labute approximate surface area is 61.5 Å². The van der Waals surface area contributed by atoms with Crippen molar-refractivity contribution in [2.45, 2.75) is 6.42 Å². The number of aliphatic hydroxyl groups is 1. The van der Waals surface area contributed by atoms with Gasteiger partial charge in [0, 0.05) is 19.1 Å².